The predicted molar refractivity (Wildman–Crippen MR) is 72.6 cm³/mol. The number of hydrogen-bond acceptors (Lipinski definition) is 4. The highest BCUT2D eigenvalue weighted by Gasteiger charge is 2.13. The molecule has 0 spiro atoms. The van der Waals surface area contributed by atoms with Crippen LogP contribution in [0.3, 0.4) is 0 Å². The summed E-state index contributed by atoms with van der Waals surface area (Å²) in [4.78, 5) is 17.7. The van der Waals surface area contributed by atoms with Gasteiger partial charge in [0.2, 0.25) is 0 Å². The minimum Gasteiger partial charge on any atom is -0.506 e. The fourth-order valence-electron chi connectivity index (χ4n) is 1.73. The molecule has 5 nitrogen and oxygen atoms in total. The van der Waals surface area contributed by atoms with Gasteiger partial charge in [-0.2, -0.15) is 0 Å². The Hall–Kier alpha value is -2.56. The zero-order valence-corrected chi connectivity index (χ0v) is 10.6. The van der Waals surface area contributed by atoms with Gasteiger partial charge >= 0.3 is 0 Å². The first-order valence-corrected chi connectivity index (χ1v) is 5.81. The normalized spacial score (nSPS) is 10.2. The first-order chi connectivity index (χ1) is 9.08. The Kier molecular flexibility index (Phi) is 3.66. The van der Waals surface area contributed by atoms with Crippen molar-refractivity contribution in [2.24, 2.45) is 0 Å². The molecule has 3 N–H and O–H groups in total. The Morgan fingerprint density at radius 2 is 2.21 bits per heavy atom. The summed E-state index contributed by atoms with van der Waals surface area (Å²) in [7, 11) is 1.70. The number of rotatable bonds is 3. The van der Waals surface area contributed by atoms with Gasteiger partial charge in [0.15, 0.2) is 0 Å². The van der Waals surface area contributed by atoms with Gasteiger partial charge < -0.3 is 15.7 Å². The third kappa shape index (κ3) is 3.01. The molecule has 5 heteroatoms. The molecule has 19 heavy (non-hydrogen) atoms. The van der Waals surface area contributed by atoms with Crippen molar-refractivity contribution in [2.75, 3.05) is 12.8 Å². The largest absolute Gasteiger partial charge is 0.506 e. The van der Waals surface area contributed by atoms with E-state index in [9.17, 15) is 9.90 Å². The highest BCUT2D eigenvalue weighted by atomic mass is 16.3. The molecule has 2 aromatic rings. The average Bonchev–Trinajstić information content (AvgIpc) is 2.42. The molecule has 2 rings (SSSR count). The van der Waals surface area contributed by atoms with E-state index in [1.807, 2.05) is 12.1 Å². The lowest BCUT2D eigenvalue weighted by Gasteiger charge is -2.17. The first-order valence-electron chi connectivity index (χ1n) is 5.81. The van der Waals surface area contributed by atoms with Gasteiger partial charge in [-0.05, 0) is 29.8 Å². The SMILES string of the molecule is CN(Cc1cccnc1)C(=O)c1ccc(N)c(O)c1. The highest BCUT2D eigenvalue weighted by molar-refractivity contribution is 5.95. The summed E-state index contributed by atoms with van der Waals surface area (Å²) >= 11 is 0. The van der Waals surface area contributed by atoms with Gasteiger partial charge in [0.1, 0.15) is 5.75 Å². The van der Waals surface area contributed by atoms with Gasteiger partial charge in [-0.25, -0.2) is 0 Å². The molecule has 1 aromatic heterocycles. The van der Waals surface area contributed by atoms with Gasteiger partial charge in [-0.15, -0.1) is 0 Å². The highest BCUT2D eigenvalue weighted by Crippen LogP contribution is 2.21. The monoisotopic (exact) mass is 257 g/mol. The summed E-state index contributed by atoms with van der Waals surface area (Å²) in [6.45, 7) is 0.456. The zero-order chi connectivity index (χ0) is 13.8. The van der Waals surface area contributed by atoms with E-state index in [1.54, 1.807) is 30.4 Å². The first kappa shape index (κ1) is 12.9. The molecule has 0 bridgehead atoms. The van der Waals surface area contributed by atoms with Crippen LogP contribution in [0.2, 0.25) is 0 Å². The Balaban J connectivity index is 2.12. The molecule has 0 radical (unpaired) electrons. The van der Waals surface area contributed by atoms with Crippen LogP contribution in [-0.4, -0.2) is 27.9 Å². The lowest BCUT2D eigenvalue weighted by molar-refractivity contribution is 0.0784. The van der Waals surface area contributed by atoms with E-state index in [0.717, 1.165) is 5.56 Å². The number of hydrogen-bond donors (Lipinski definition) is 2. The van der Waals surface area contributed by atoms with E-state index in [2.05, 4.69) is 4.98 Å². The summed E-state index contributed by atoms with van der Waals surface area (Å²) in [6.07, 6.45) is 3.40. The van der Waals surface area contributed by atoms with Crippen LogP contribution in [-0.2, 0) is 6.54 Å². The van der Waals surface area contributed by atoms with E-state index < -0.39 is 0 Å². The Bertz CT molecular complexity index is 584. The molecule has 0 aliphatic rings. The molecular weight excluding hydrogens is 242 g/mol. The summed E-state index contributed by atoms with van der Waals surface area (Å²) in [6, 6.07) is 8.20. The van der Waals surface area contributed by atoms with Crippen LogP contribution in [0.4, 0.5) is 5.69 Å². The second-order valence-corrected chi connectivity index (χ2v) is 4.30. The van der Waals surface area contributed by atoms with Crippen molar-refractivity contribution in [3.8, 4) is 5.75 Å². The molecule has 0 atom stereocenters. The molecule has 0 aliphatic heterocycles. The quantitative estimate of drug-likeness (QED) is 0.647. The summed E-state index contributed by atoms with van der Waals surface area (Å²) < 4.78 is 0. The van der Waals surface area contributed by atoms with Gasteiger partial charge in [-0.1, -0.05) is 6.07 Å². The zero-order valence-electron chi connectivity index (χ0n) is 10.6. The van der Waals surface area contributed by atoms with Gasteiger partial charge in [0.25, 0.3) is 5.91 Å². The Morgan fingerprint density at radius 1 is 1.42 bits per heavy atom. The third-order valence-corrected chi connectivity index (χ3v) is 2.77. The fraction of sp³-hybridized carbons (Fsp3) is 0.143. The Labute approximate surface area is 111 Å². The molecular formula is C14H15N3O2. The summed E-state index contributed by atoms with van der Waals surface area (Å²) in [5.41, 5.74) is 7.10. The average molecular weight is 257 g/mol. The number of anilines is 1. The number of aromatic nitrogens is 1. The van der Waals surface area contributed by atoms with Gasteiger partial charge in [0, 0.05) is 31.5 Å². The van der Waals surface area contributed by atoms with E-state index in [0.29, 0.717) is 12.1 Å². The third-order valence-electron chi connectivity index (χ3n) is 2.77. The maximum Gasteiger partial charge on any atom is 0.254 e. The molecule has 1 heterocycles. The van der Waals surface area contributed by atoms with Crippen molar-refractivity contribution >= 4 is 11.6 Å². The van der Waals surface area contributed by atoms with E-state index in [4.69, 9.17) is 5.73 Å². The molecule has 1 amide bonds. The van der Waals surface area contributed by atoms with Crippen LogP contribution in [0.1, 0.15) is 15.9 Å². The number of nitrogen functional groups attached to an aromatic ring is 1. The van der Waals surface area contributed by atoms with Crippen LogP contribution < -0.4 is 5.73 Å². The van der Waals surface area contributed by atoms with Gasteiger partial charge in [-0.3, -0.25) is 9.78 Å². The molecule has 1 aromatic carbocycles. The minimum atomic E-state index is -0.181. The van der Waals surface area contributed by atoms with Crippen LogP contribution in [0.5, 0.6) is 5.75 Å². The Morgan fingerprint density at radius 3 is 2.84 bits per heavy atom. The number of nitrogens with two attached hydrogens (primary N) is 1. The minimum absolute atomic E-state index is 0.0828. The molecule has 0 saturated carbocycles. The lowest BCUT2D eigenvalue weighted by Crippen LogP contribution is -2.26. The molecule has 0 saturated heterocycles. The summed E-state index contributed by atoms with van der Waals surface area (Å²) in [5.74, 6) is -0.264. The number of aromatic hydroxyl groups is 1. The van der Waals surface area contributed by atoms with Crippen LogP contribution in [0.25, 0.3) is 0 Å². The number of phenolic OH excluding ortho intramolecular Hbond substituents is 1. The second kappa shape index (κ2) is 5.39. The van der Waals surface area contributed by atoms with Gasteiger partial charge in [0.05, 0.1) is 5.69 Å². The van der Waals surface area contributed by atoms with Crippen molar-refractivity contribution in [2.45, 2.75) is 6.54 Å². The van der Waals surface area contributed by atoms with E-state index in [1.165, 1.54) is 12.1 Å². The molecule has 98 valence electrons. The molecule has 0 unspecified atom stereocenters. The lowest BCUT2D eigenvalue weighted by atomic mass is 10.1. The number of nitrogens with zero attached hydrogens (tertiary/aromatic N) is 2. The van der Waals surface area contributed by atoms with E-state index >= 15 is 0 Å². The topological polar surface area (TPSA) is 79.5 Å². The van der Waals surface area contributed by atoms with Crippen molar-refractivity contribution in [3.05, 3.63) is 53.9 Å². The maximum atomic E-state index is 12.2. The number of amides is 1. The van der Waals surface area contributed by atoms with Crippen LogP contribution in [0.15, 0.2) is 42.7 Å². The van der Waals surface area contributed by atoms with Crippen molar-refractivity contribution in [1.82, 2.24) is 9.88 Å². The predicted octanol–water partition coefficient (Wildman–Crippen LogP) is 1.64. The number of benzene rings is 1. The number of pyridine rings is 1. The van der Waals surface area contributed by atoms with E-state index in [-0.39, 0.29) is 17.3 Å². The maximum absolute atomic E-state index is 12.2. The number of phenols is 1. The van der Waals surface area contributed by atoms with Crippen LogP contribution >= 0.6 is 0 Å². The number of carbonyl (C=O) groups is 1. The molecule has 0 fully saturated rings. The second-order valence-electron chi connectivity index (χ2n) is 4.30. The van der Waals surface area contributed by atoms with Crippen molar-refractivity contribution in [1.29, 1.82) is 0 Å². The standard InChI is InChI=1S/C14H15N3O2/c1-17(9-10-3-2-6-16-8-10)14(19)11-4-5-12(15)13(18)7-11/h2-8,18H,9,15H2,1H3. The molecule has 0 aliphatic carbocycles. The number of carbonyl (C=O) groups excluding carboxylic acids is 1. The smallest absolute Gasteiger partial charge is 0.254 e. The van der Waals surface area contributed by atoms with Crippen molar-refractivity contribution < 1.29 is 9.90 Å². The summed E-state index contributed by atoms with van der Waals surface area (Å²) in [5, 5.41) is 9.51. The van der Waals surface area contributed by atoms with Crippen LogP contribution in [0, 0.1) is 0 Å². The van der Waals surface area contributed by atoms with Crippen molar-refractivity contribution in [3.63, 3.8) is 0 Å². The fourth-order valence-corrected chi connectivity index (χ4v) is 1.73.